The number of carbonyl (C=O) groups excluding carboxylic acids is 1. The molecule has 0 saturated carbocycles. The third-order valence-corrected chi connectivity index (χ3v) is 4.48. The molecule has 1 aliphatic heterocycles. The maximum atomic E-state index is 14.8. The van der Waals surface area contributed by atoms with Gasteiger partial charge in [0.15, 0.2) is 11.5 Å². The molecule has 2 aromatic rings. The standard InChI is InChI=1S/C19H20FN3O5/c1-3-28-17-9-15(23(25)26)13(8-16(17)27-2)19(24)22-14-5-4-11-10-21-7-6-12(11)18(14)20/h4-5,8-9,21H,3,6-7,10H2,1-2H3,(H,22,24). The third-order valence-electron chi connectivity index (χ3n) is 4.48. The highest BCUT2D eigenvalue weighted by Crippen LogP contribution is 2.35. The molecule has 9 heteroatoms. The van der Waals surface area contributed by atoms with Gasteiger partial charge in [-0.15, -0.1) is 0 Å². The Balaban J connectivity index is 1.97. The van der Waals surface area contributed by atoms with Crippen molar-refractivity contribution >= 4 is 17.3 Å². The molecule has 0 aliphatic carbocycles. The highest BCUT2D eigenvalue weighted by molar-refractivity contribution is 6.07. The van der Waals surface area contributed by atoms with Crippen molar-refractivity contribution in [1.29, 1.82) is 0 Å². The molecular weight excluding hydrogens is 369 g/mol. The fourth-order valence-electron chi connectivity index (χ4n) is 3.13. The van der Waals surface area contributed by atoms with Gasteiger partial charge in [-0.05, 0) is 37.1 Å². The number of rotatable bonds is 6. The molecule has 1 amide bonds. The normalized spacial score (nSPS) is 12.8. The highest BCUT2D eigenvalue weighted by atomic mass is 19.1. The van der Waals surface area contributed by atoms with Crippen LogP contribution in [0.4, 0.5) is 15.8 Å². The van der Waals surface area contributed by atoms with E-state index in [0.717, 1.165) is 11.6 Å². The molecule has 0 radical (unpaired) electrons. The van der Waals surface area contributed by atoms with Gasteiger partial charge in [-0.3, -0.25) is 14.9 Å². The monoisotopic (exact) mass is 389 g/mol. The Morgan fingerprint density at radius 1 is 1.36 bits per heavy atom. The van der Waals surface area contributed by atoms with Gasteiger partial charge in [-0.1, -0.05) is 6.07 Å². The van der Waals surface area contributed by atoms with Crippen LogP contribution in [0.25, 0.3) is 0 Å². The first kappa shape index (κ1) is 19.6. The third kappa shape index (κ3) is 3.74. The Kier molecular flexibility index (Phi) is 5.74. The van der Waals surface area contributed by atoms with E-state index in [4.69, 9.17) is 9.47 Å². The van der Waals surface area contributed by atoms with Crippen molar-refractivity contribution in [3.63, 3.8) is 0 Å². The number of nitrogens with one attached hydrogen (secondary N) is 2. The maximum Gasteiger partial charge on any atom is 0.286 e. The number of nitro groups is 1. The number of amides is 1. The molecule has 0 saturated heterocycles. The fraction of sp³-hybridized carbons (Fsp3) is 0.316. The van der Waals surface area contributed by atoms with Crippen molar-refractivity contribution in [3.8, 4) is 11.5 Å². The van der Waals surface area contributed by atoms with Crippen molar-refractivity contribution < 1.29 is 23.6 Å². The summed E-state index contributed by atoms with van der Waals surface area (Å²) in [6.07, 6.45) is 0.502. The van der Waals surface area contributed by atoms with Gasteiger partial charge in [0.25, 0.3) is 11.6 Å². The lowest BCUT2D eigenvalue weighted by Gasteiger charge is -2.19. The molecule has 3 rings (SSSR count). The first-order valence-electron chi connectivity index (χ1n) is 8.77. The molecule has 0 atom stereocenters. The molecule has 0 unspecified atom stereocenters. The molecule has 28 heavy (non-hydrogen) atoms. The zero-order valence-corrected chi connectivity index (χ0v) is 15.5. The van der Waals surface area contributed by atoms with Crippen LogP contribution in [0.2, 0.25) is 0 Å². The number of anilines is 1. The molecule has 2 aromatic carbocycles. The predicted molar refractivity (Wildman–Crippen MR) is 101 cm³/mol. The fourth-order valence-corrected chi connectivity index (χ4v) is 3.13. The number of hydrogen-bond acceptors (Lipinski definition) is 6. The average molecular weight is 389 g/mol. The summed E-state index contributed by atoms with van der Waals surface area (Å²) in [5, 5.41) is 17.0. The van der Waals surface area contributed by atoms with Gasteiger partial charge in [0.1, 0.15) is 11.4 Å². The van der Waals surface area contributed by atoms with E-state index in [1.807, 2.05) is 0 Å². The molecule has 148 valence electrons. The molecule has 0 bridgehead atoms. The van der Waals surface area contributed by atoms with E-state index in [-0.39, 0.29) is 29.4 Å². The molecule has 0 spiro atoms. The Morgan fingerprint density at radius 3 is 2.82 bits per heavy atom. The number of ether oxygens (including phenoxy) is 2. The van der Waals surface area contributed by atoms with Crippen LogP contribution in [0.1, 0.15) is 28.4 Å². The van der Waals surface area contributed by atoms with Gasteiger partial charge in [-0.2, -0.15) is 0 Å². The first-order valence-corrected chi connectivity index (χ1v) is 8.77. The Morgan fingerprint density at radius 2 is 2.14 bits per heavy atom. The Labute approximate surface area is 160 Å². The lowest BCUT2D eigenvalue weighted by Crippen LogP contribution is -2.25. The maximum absolute atomic E-state index is 14.8. The van der Waals surface area contributed by atoms with Crippen molar-refractivity contribution in [1.82, 2.24) is 5.32 Å². The van der Waals surface area contributed by atoms with Crippen LogP contribution in [0.15, 0.2) is 24.3 Å². The zero-order chi connectivity index (χ0) is 20.3. The average Bonchev–Trinajstić information content (AvgIpc) is 2.70. The van der Waals surface area contributed by atoms with Gasteiger partial charge in [-0.25, -0.2) is 4.39 Å². The zero-order valence-electron chi connectivity index (χ0n) is 15.5. The number of nitro benzene ring substituents is 1. The largest absolute Gasteiger partial charge is 0.493 e. The van der Waals surface area contributed by atoms with Crippen molar-refractivity contribution in [3.05, 3.63) is 56.9 Å². The number of carbonyl (C=O) groups is 1. The van der Waals surface area contributed by atoms with Gasteiger partial charge >= 0.3 is 0 Å². The summed E-state index contributed by atoms with van der Waals surface area (Å²) in [6, 6.07) is 5.54. The summed E-state index contributed by atoms with van der Waals surface area (Å²) in [5.74, 6) is -0.996. The van der Waals surface area contributed by atoms with Crippen LogP contribution in [-0.4, -0.2) is 31.1 Å². The minimum absolute atomic E-state index is 0.0206. The lowest BCUT2D eigenvalue weighted by atomic mass is 9.99. The number of fused-ring (bicyclic) bond motifs is 1. The van der Waals surface area contributed by atoms with E-state index in [0.29, 0.717) is 25.1 Å². The summed E-state index contributed by atoms with van der Waals surface area (Å²) in [7, 11) is 1.36. The molecule has 8 nitrogen and oxygen atoms in total. The second kappa shape index (κ2) is 8.22. The van der Waals surface area contributed by atoms with E-state index in [1.165, 1.54) is 19.2 Å². The van der Waals surface area contributed by atoms with E-state index >= 15 is 0 Å². The van der Waals surface area contributed by atoms with E-state index in [2.05, 4.69) is 10.6 Å². The Bertz CT molecular complexity index is 932. The van der Waals surface area contributed by atoms with Gasteiger partial charge in [0.2, 0.25) is 0 Å². The molecule has 1 heterocycles. The van der Waals surface area contributed by atoms with Crippen molar-refractivity contribution in [2.75, 3.05) is 25.6 Å². The van der Waals surface area contributed by atoms with Crippen LogP contribution in [-0.2, 0) is 13.0 Å². The summed E-state index contributed by atoms with van der Waals surface area (Å²) < 4.78 is 25.3. The summed E-state index contributed by atoms with van der Waals surface area (Å²) in [6.45, 7) is 3.19. The van der Waals surface area contributed by atoms with Crippen molar-refractivity contribution in [2.45, 2.75) is 19.9 Å². The van der Waals surface area contributed by atoms with Gasteiger partial charge in [0.05, 0.1) is 30.4 Å². The molecule has 0 fully saturated rings. The van der Waals surface area contributed by atoms with Crippen molar-refractivity contribution in [2.24, 2.45) is 0 Å². The highest BCUT2D eigenvalue weighted by Gasteiger charge is 2.26. The smallest absolute Gasteiger partial charge is 0.286 e. The van der Waals surface area contributed by atoms with Crippen LogP contribution in [0, 0.1) is 15.9 Å². The topological polar surface area (TPSA) is 103 Å². The summed E-state index contributed by atoms with van der Waals surface area (Å²) in [5.41, 5.74) is 0.645. The number of benzene rings is 2. The summed E-state index contributed by atoms with van der Waals surface area (Å²) >= 11 is 0. The van der Waals surface area contributed by atoms with Crippen LogP contribution < -0.4 is 20.1 Å². The minimum atomic E-state index is -0.805. The predicted octanol–water partition coefficient (Wildman–Crippen LogP) is 3.04. The second-order valence-electron chi connectivity index (χ2n) is 6.16. The molecular formula is C19H20FN3O5. The quantitative estimate of drug-likeness (QED) is 0.582. The molecule has 1 aliphatic rings. The summed E-state index contributed by atoms with van der Waals surface area (Å²) in [4.78, 5) is 23.5. The van der Waals surface area contributed by atoms with E-state index < -0.39 is 22.3 Å². The van der Waals surface area contributed by atoms with Crippen LogP contribution >= 0.6 is 0 Å². The first-order chi connectivity index (χ1) is 13.5. The van der Waals surface area contributed by atoms with E-state index in [9.17, 15) is 19.3 Å². The van der Waals surface area contributed by atoms with E-state index in [1.54, 1.807) is 13.0 Å². The SMILES string of the molecule is CCOc1cc([N+](=O)[O-])c(C(=O)Nc2ccc3c(c2F)CCNC3)cc1OC. The number of halogens is 1. The number of nitrogens with zero attached hydrogens (tertiary/aromatic N) is 1. The lowest BCUT2D eigenvalue weighted by molar-refractivity contribution is -0.385. The minimum Gasteiger partial charge on any atom is -0.493 e. The van der Waals surface area contributed by atoms with Gasteiger partial charge < -0.3 is 20.1 Å². The molecule has 2 N–H and O–H groups in total. The molecule has 0 aromatic heterocycles. The van der Waals surface area contributed by atoms with Crippen LogP contribution in [0.5, 0.6) is 11.5 Å². The number of hydrogen-bond donors (Lipinski definition) is 2. The second-order valence-corrected chi connectivity index (χ2v) is 6.16. The van der Waals surface area contributed by atoms with Gasteiger partial charge in [0, 0.05) is 12.6 Å². The number of methoxy groups -OCH3 is 1. The Hall–Kier alpha value is -3.20. The van der Waals surface area contributed by atoms with Crippen LogP contribution in [0.3, 0.4) is 0 Å².